The molecule has 1 aromatic heterocycles. The van der Waals surface area contributed by atoms with Gasteiger partial charge in [0.1, 0.15) is 18.7 Å². The summed E-state index contributed by atoms with van der Waals surface area (Å²) in [6, 6.07) is -0.374. The molecule has 0 aromatic carbocycles. The van der Waals surface area contributed by atoms with Crippen LogP contribution < -0.4 is 0 Å². The lowest BCUT2D eigenvalue weighted by Crippen LogP contribution is -2.58. The van der Waals surface area contributed by atoms with Crippen molar-refractivity contribution in [2.24, 2.45) is 5.92 Å². The van der Waals surface area contributed by atoms with E-state index in [1.807, 2.05) is 11.8 Å². The highest BCUT2D eigenvalue weighted by Crippen LogP contribution is 2.14. The number of amides is 2. The molecule has 0 aliphatic carbocycles. The van der Waals surface area contributed by atoms with Crippen LogP contribution >= 0.6 is 0 Å². The molecule has 2 heterocycles. The Balaban J connectivity index is 1.89. The number of aromatic nitrogens is 3. The second-order valence-corrected chi connectivity index (χ2v) is 5.85. The zero-order valence-corrected chi connectivity index (χ0v) is 12.9. The predicted octanol–water partition coefficient (Wildman–Crippen LogP) is 0.383. The topological polar surface area (TPSA) is 71.3 Å². The summed E-state index contributed by atoms with van der Waals surface area (Å²) in [6.07, 6.45) is 3.37. The van der Waals surface area contributed by atoms with Gasteiger partial charge in [0.05, 0.1) is 6.54 Å². The quantitative estimate of drug-likeness (QED) is 0.787. The SMILES string of the molecule is CC(C)CN1CCN(C(=O)CCn2cncn2)C(C)C1=O. The minimum atomic E-state index is -0.374. The van der Waals surface area contributed by atoms with Gasteiger partial charge < -0.3 is 9.80 Å². The second-order valence-electron chi connectivity index (χ2n) is 5.85. The highest BCUT2D eigenvalue weighted by atomic mass is 16.2. The van der Waals surface area contributed by atoms with E-state index < -0.39 is 0 Å². The minimum absolute atomic E-state index is 0.00412. The summed E-state index contributed by atoms with van der Waals surface area (Å²) in [6.45, 7) is 8.46. The Kier molecular flexibility index (Phi) is 4.93. The Hall–Kier alpha value is -1.92. The summed E-state index contributed by atoms with van der Waals surface area (Å²) in [5.41, 5.74) is 0. The van der Waals surface area contributed by atoms with Crippen LogP contribution in [0.5, 0.6) is 0 Å². The van der Waals surface area contributed by atoms with Crippen LogP contribution in [0.15, 0.2) is 12.7 Å². The van der Waals surface area contributed by atoms with Gasteiger partial charge >= 0.3 is 0 Å². The Morgan fingerprint density at radius 3 is 2.81 bits per heavy atom. The molecule has 0 bridgehead atoms. The van der Waals surface area contributed by atoms with E-state index in [2.05, 4.69) is 23.9 Å². The average Bonchev–Trinajstić information content (AvgIpc) is 2.94. The number of nitrogens with zero attached hydrogens (tertiary/aromatic N) is 5. The van der Waals surface area contributed by atoms with Crippen molar-refractivity contribution in [1.82, 2.24) is 24.6 Å². The zero-order chi connectivity index (χ0) is 15.4. The first-order chi connectivity index (χ1) is 9.99. The van der Waals surface area contributed by atoms with Crippen molar-refractivity contribution in [3.63, 3.8) is 0 Å². The Morgan fingerprint density at radius 1 is 1.43 bits per heavy atom. The molecule has 7 heteroatoms. The van der Waals surface area contributed by atoms with Crippen LogP contribution in [0.2, 0.25) is 0 Å². The third-order valence-electron chi connectivity index (χ3n) is 3.67. The molecule has 2 amide bonds. The molecule has 0 radical (unpaired) electrons. The molecule has 0 spiro atoms. The molecule has 0 N–H and O–H groups in total. The first kappa shape index (κ1) is 15.5. The van der Waals surface area contributed by atoms with Crippen molar-refractivity contribution in [3.8, 4) is 0 Å². The normalized spacial score (nSPS) is 19.4. The number of piperazine rings is 1. The largest absolute Gasteiger partial charge is 0.339 e. The predicted molar refractivity (Wildman–Crippen MR) is 77.2 cm³/mol. The third kappa shape index (κ3) is 3.80. The zero-order valence-electron chi connectivity index (χ0n) is 12.9. The van der Waals surface area contributed by atoms with Crippen LogP contribution in [0.1, 0.15) is 27.2 Å². The fourth-order valence-electron chi connectivity index (χ4n) is 2.59. The third-order valence-corrected chi connectivity index (χ3v) is 3.67. The van der Waals surface area contributed by atoms with Crippen molar-refractivity contribution in [2.45, 2.75) is 39.8 Å². The van der Waals surface area contributed by atoms with E-state index in [-0.39, 0.29) is 17.9 Å². The average molecular weight is 293 g/mol. The minimum Gasteiger partial charge on any atom is -0.339 e. The van der Waals surface area contributed by atoms with Crippen molar-refractivity contribution in [1.29, 1.82) is 0 Å². The molecule has 7 nitrogen and oxygen atoms in total. The van der Waals surface area contributed by atoms with Gasteiger partial charge in [-0.2, -0.15) is 5.10 Å². The highest BCUT2D eigenvalue weighted by molar-refractivity contribution is 5.88. The lowest BCUT2D eigenvalue weighted by Gasteiger charge is -2.39. The van der Waals surface area contributed by atoms with Gasteiger partial charge in [-0.05, 0) is 12.8 Å². The Labute approximate surface area is 124 Å². The van der Waals surface area contributed by atoms with Crippen LogP contribution in [0.3, 0.4) is 0 Å². The molecule has 1 aliphatic heterocycles. The van der Waals surface area contributed by atoms with Crippen LogP contribution in [0.4, 0.5) is 0 Å². The standard InChI is InChI=1S/C14H23N5O2/c1-11(2)8-17-6-7-19(12(3)14(17)21)13(20)4-5-18-10-15-9-16-18/h9-12H,4-8H2,1-3H3. The van der Waals surface area contributed by atoms with E-state index in [1.165, 1.54) is 6.33 Å². The molecule has 1 saturated heterocycles. The summed E-state index contributed by atoms with van der Waals surface area (Å²) in [5.74, 6) is 0.482. The molecule has 1 atom stereocenters. The van der Waals surface area contributed by atoms with E-state index >= 15 is 0 Å². The molecule has 0 saturated carbocycles. The maximum absolute atomic E-state index is 12.3. The number of aryl methyl sites for hydroxylation is 1. The number of hydrogen-bond acceptors (Lipinski definition) is 4. The van der Waals surface area contributed by atoms with Gasteiger partial charge in [-0.25, -0.2) is 4.98 Å². The molecule has 116 valence electrons. The van der Waals surface area contributed by atoms with Gasteiger partial charge in [-0.1, -0.05) is 13.8 Å². The first-order valence-electron chi connectivity index (χ1n) is 7.39. The van der Waals surface area contributed by atoms with Gasteiger partial charge in [0, 0.05) is 26.1 Å². The van der Waals surface area contributed by atoms with Gasteiger partial charge in [0.15, 0.2) is 0 Å². The van der Waals surface area contributed by atoms with Gasteiger partial charge in [0.2, 0.25) is 11.8 Å². The number of rotatable bonds is 5. The second kappa shape index (κ2) is 6.69. The van der Waals surface area contributed by atoms with Crippen LogP contribution in [0.25, 0.3) is 0 Å². The Bertz CT molecular complexity index is 486. The number of hydrogen-bond donors (Lipinski definition) is 0. The lowest BCUT2D eigenvalue weighted by atomic mass is 10.1. The molecule has 1 fully saturated rings. The molecule has 21 heavy (non-hydrogen) atoms. The van der Waals surface area contributed by atoms with Crippen LogP contribution in [0, 0.1) is 5.92 Å². The smallest absolute Gasteiger partial charge is 0.245 e. The van der Waals surface area contributed by atoms with Gasteiger partial charge in [-0.15, -0.1) is 0 Å². The van der Waals surface area contributed by atoms with E-state index in [0.29, 0.717) is 32.0 Å². The van der Waals surface area contributed by atoms with E-state index in [9.17, 15) is 9.59 Å². The van der Waals surface area contributed by atoms with Crippen molar-refractivity contribution >= 4 is 11.8 Å². The lowest BCUT2D eigenvalue weighted by molar-refractivity contribution is -0.151. The molecule has 1 unspecified atom stereocenters. The fraction of sp³-hybridized carbons (Fsp3) is 0.714. The van der Waals surface area contributed by atoms with Crippen LogP contribution in [-0.4, -0.2) is 62.1 Å². The maximum Gasteiger partial charge on any atom is 0.245 e. The molecule has 1 aromatic rings. The number of carbonyl (C=O) groups excluding carboxylic acids is 2. The van der Waals surface area contributed by atoms with Crippen molar-refractivity contribution < 1.29 is 9.59 Å². The number of carbonyl (C=O) groups is 2. The summed E-state index contributed by atoms with van der Waals surface area (Å²) in [5, 5.41) is 3.97. The summed E-state index contributed by atoms with van der Waals surface area (Å²) in [7, 11) is 0. The van der Waals surface area contributed by atoms with Crippen molar-refractivity contribution in [3.05, 3.63) is 12.7 Å². The van der Waals surface area contributed by atoms with Crippen LogP contribution in [-0.2, 0) is 16.1 Å². The molecular formula is C14H23N5O2. The van der Waals surface area contributed by atoms with Gasteiger partial charge in [-0.3, -0.25) is 14.3 Å². The molecule has 1 aliphatic rings. The summed E-state index contributed by atoms with van der Waals surface area (Å²) < 4.78 is 1.62. The van der Waals surface area contributed by atoms with Gasteiger partial charge in [0.25, 0.3) is 0 Å². The summed E-state index contributed by atoms with van der Waals surface area (Å²) in [4.78, 5) is 32.0. The maximum atomic E-state index is 12.3. The van der Waals surface area contributed by atoms with E-state index in [0.717, 1.165) is 6.54 Å². The van der Waals surface area contributed by atoms with Crippen molar-refractivity contribution in [2.75, 3.05) is 19.6 Å². The monoisotopic (exact) mass is 293 g/mol. The molecule has 2 rings (SSSR count). The Morgan fingerprint density at radius 2 is 2.19 bits per heavy atom. The first-order valence-corrected chi connectivity index (χ1v) is 7.39. The molecular weight excluding hydrogens is 270 g/mol. The van der Waals surface area contributed by atoms with E-state index in [4.69, 9.17) is 0 Å². The summed E-state index contributed by atoms with van der Waals surface area (Å²) >= 11 is 0. The highest BCUT2D eigenvalue weighted by Gasteiger charge is 2.33. The fourth-order valence-corrected chi connectivity index (χ4v) is 2.59. The van der Waals surface area contributed by atoms with E-state index in [1.54, 1.807) is 15.9 Å².